The van der Waals surface area contributed by atoms with Crippen LogP contribution in [-0.4, -0.2) is 45.6 Å². The van der Waals surface area contributed by atoms with Gasteiger partial charge in [-0.25, -0.2) is 0 Å². The Labute approximate surface area is 215 Å². The highest BCUT2D eigenvalue weighted by atomic mass is 79.9. The van der Waals surface area contributed by atoms with E-state index in [4.69, 9.17) is 0 Å². The molecule has 0 aliphatic carbocycles. The zero-order valence-electron chi connectivity index (χ0n) is 20.2. The van der Waals surface area contributed by atoms with Gasteiger partial charge in [0.2, 0.25) is 0 Å². The lowest BCUT2D eigenvalue weighted by Crippen LogP contribution is -2.24. The summed E-state index contributed by atoms with van der Waals surface area (Å²) in [7, 11) is 3.27. The van der Waals surface area contributed by atoms with Gasteiger partial charge in [0.25, 0.3) is 5.91 Å². The van der Waals surface area contributed by atoms with Crippen LogP contribution in [0.5, 0.6) is 0 Å². The van der Waals surface area contributed by atoms with Crippen LogP contribution in [0.4, 0.5) is 11.4 Å². The zero-order valence-corrected chi connectivity index (χ0v) is 21.8. The van der Waals surface area contributed by atoms with E-state index < -0.39 is 4.92 Å². The third-order valence-corrected chi connectivity index (χ3v) is 6.46. The molecular formula is C26H24BrN5O4. The largest absolute Gasteiger partial charge is 0.375 e. The molecule has 36 heavy (non-hydrogen) atoms. The smallest absolute Gasteiger partial charge is 0.313 e. The van der Waals surface area contributed by atoms with Crippen LogP contribution in [0.25, 0.3) is 10.9 Å². The van der Waals surface area contributed by atoms with Crippen molar-refractivity contribution in [2.24, 2.45) is 0 Å². The second-order valence-electron chi connectivity index (χ2n) is 8.62. The van der Waals surface area contributed by atoms with Gasteiger partial charge in [-0.1, -0.05) is 46.3 Å². The van der Waals surface area contributed by atoms with Crippen molar-refractivity contribution in [1.82, 2.24) is 14.9 Å². The molecule has 2 N–H and O–H groups in total. The van der Waals surface area contributed by atoms with Gasteiger partial charge < -0.3 is 15.2 Å². The molecule has 0 aliphatic heterocycles. The molecule has 184 valence electrons. The molecule has 2 heterocycles. The number of nitro groups is 1. The number of H-pyrrole nitrogens is 1. The van der Waals surface area contributed by atoms with Crippen LogP contribution in [0.15, 0.2) is 53.0 Å². The molecular weight excluding hydrogens is 526 g/mol. The number of rotatable bonds is 7. The van der Waals surface area contributed by atoms with E-state index in [1.165, 1.54) is 4.90 Å². The summed E-state index contributed by atoms with van der Waals surface area (Å²) in [4.78, 5) is 46.2. The Bertz CT molecular complexity index is 1510. The standard InChI is InChI=1S/C26H24BrN5O4/c1-14-12-20(24(32(35)36)15(2)29-14)28-13-16-8-10-17(11-9-16)25(33)22-21-18(27)6-5-7-19(21)30-23(22)26(34)31(3)4/h5-12,30H,13H2,1-4H3,(H,28,29). The van der Waals surface area contributed by atoms with E-state index in [1.807, 2.05) is 18.2 Å². The molecule has 9 nitrogen and oxygen atoms in total. The summed E-state index contributed by atoms with van der Waals surface area (Å²) in [6.45, 7) is 3.71. The lowest BCUT2D eigenvalue weighted by Gasteiger charge is -2.12. The second kappa shape index (κ2) is 9.90. The first-order valence-corrected chi connectivity index (χ1v) is 11.9. The van der Waals surface area contributed by atoms with Crippen molar-refractivity contribution >= 4 is 49.9 Å². The lowest BCUT2D eigenvalue weighted by molar-refractivity contribution is -0.384. The summed E-state index contributed by atoms with van der Waals surface area (Å²) in [5.41, 5.74) is 3.82. The number of ketones is 1. The molecule has 0 radical (unpaired) electrons. The molecule has 2 aromatic carbocycles. The molecule has 0 saturated heterocycles. The number of aryl methyl sites for hydroxylation is 2. The normalized spacial score (nSPS) is 10.9. The number of fused-ring (bicyclic) bond motifs is 1. The van der Waals surface area contributed by atoms with Crippen LogP contribution in [0.1, 0.15) is 43.4 Å². The number of pyridine rings is 1. The fraction of sp³-hybridized carbons (Fsp3) is 0.192. The summed E-state index contributed by atoms with van der Waals surface area (Å²) in [6.07, 6.45) is 0. The number of anilines is 1. The maximum absolute atomic E-state index is 13.6. The van der Waals surface area contributed by atoms with Gasteiger partial charge in [-0.2, -0.15) is 0 Å². The maximum Gasteiger partial charge on any atom is 0.313 e. The first kappa shape index (κ1) is 25.1. The van der Waals surface area contributed by atoms with E-state index in [-0.39, 0.29) is 23.1 Å². The van der Waals surface area contributed by atoms with Crippen LogP contribution in [0.3, 0.4) is 0 Å². The Morgan fingerprint density at radius 1 is 1.14 bits per heavy atom. The molecule has 4 rings (SSSR count). The predicted molar refractivity (Wildman–Crippen MR) is 142 cm³/mol. The van der Waals surface area contributed by atoms with E-state index in [0.29, 0.717) is 50.1 Å². The molecule has 2 aromatic heterocycles. The molecule has 4 aromatic rings. The third kappa shape index (κ3) is 4.72. The Kier molecular flexibility index (Phi) is 6.89. The number of benzene rings is 2. The van der Waals surface area contributed by atoms with E-state index in [1.54, 1.807) is 58.3 Å². The van der Waals surface area contributed by atoms with Gasteiger partial charge in [0.15, 0.2) is 5.78 Å². The molecule has 0 saturated carbocycles. The molecule has 0 bridgehead atoms. The number of nitrogens with one attached hydrogen (secondary N) is 2. The Hall–Kier alpha value is -4.05. The number of hydrogen-bond acceptors (Lipinski definition) is 6. The van der Waals surface area contributed by atoms with Crippen molar-refractivity contribution < 1.29 is 14.5 Å². The van der Waals surface area contributed by atoms with Crippen LogP contribution < -0.4 is 5.32 Å². The minimum Gasteiger partial charge on any atom is -0.375 e. The highest BCUT2D eigenvalue weighted by Crippen LogP contribution is 2.32. The van der Waals surface area contributed by atoms with Crippen molar-refractivity contribution in [3.05, 3.63) is 96.9 Å². The number of aromatic nitrogens is 2. The second-order valence-corrected chi connectivity index (χ2v) is 9.47. The third-order valence-electron chi connectivity index (χ3n) is 5.80. The molecule has 1 amide bonds. The Morgan fingerprint density at radius 3 is 2.47 bits per heavy atom. The zero-order chi connectivity index (χ0) is 26.1. The van der Waals surface area contributed by atoms with E-state index >= 15 is 0 Å². The average molecular weight is 550 g/mol. The average Bonchev–Trinajstić information content (AvgIpc) is 3.22. The van der Waals surface area contributed by atoms with E-state index in [2.05, 4.69) is 31.2 Å². The highest BCUT2D eigenvalue weighted by Gasteiger charge is 2.26. The summed E-state index contributed by atoms with van der Waals surface area (Å²) in [5.74, 6) is -0.583. The SMILES string of the molecule is Cc1cc(NCc2ccc(C(=O)c3c(C(=O)N(C)C)[nH]c4cccc(Br)c34)cc2)c([N+](=O)[O-])c(C)n1. The quantitative estimate of drug-likeness (QED) is 0.181. The number of aromatic amines is 1. The maximum atomic E-state index is 13.6. The van der Waals surface area contributed by atoms with Gasteiger partial charge in [0.05, 0.1) is 10.5 Å². The fourth-order valence-electron chi connectivity index (χ4n) is 4.12. The Morgan fingerprint density at radius 2 is 1.83 bits per heavy atom. The van der Waals surface area contributed by atoms with Crippen molar-refractivity contribution in [2.75, 3.05) is 19.4 Å². The first-order chi connectivity index (χ1) is 17.1. The number of hydrogen-bond donors (Lipinski definition) is 2. The number of nitrogens with zero attached hydrogens (tertiary/aromatic N) is 3. The van der Waals surface area contributed by atoms with Crippen molar-refractivity contribution in [3.63, 3.8) is 0 Å². The Balaban J connectivity index is 1.64. The molecule has 0 aliphatic rings. The number of carbonyl (C=O) groups is 2. The van der Waals surface area contributed by atoms with E-state index in [9.17, 15) is 19.7 Å². The van der Waals surface area contributed by atoms with Crippen molar-refractivity contribution in [2.45, 2.75) is 20.4 Å². The first-order valence-electron chi connectivity index (χ1n) is 11.1. The summed E-state index contributed by atoms with van der Waals surface area (Å²) < 4.78 is 0.711. The van der Waals surface area contributed by atoms with Gasteiger partial charge >= 0.3 is 5.69 Å². The molecule has 0 atom stereocenters. The van der Waals surface area contributed by atoms with Crippen LogP contribution in [-0.2, 0) is 6.54 Å². The minimum atomic E-state index is -0.447. The number of carbonyl (C=O) groups excluding carboxylic acids is 2. The number of amides is 1. The summed E-state index contributed by atoms with van der Waals surface area (Å²) in [6, 6.07) is 14.1. The van der Waals surface area contributed by atoms with Crippen molar-refractivity contribution in [3.8, 4) is 0 Å². The van der Waals surface area contributed by atoms with Gasteiger partial charge in [0.1, 0.15) is 17.1 Å². The van der Waals surface area contributed by atoms with Crippen LogP contribution in [0.2, 0.25) is 0 Å². The van der Waals surface area contributed by atoms with Gasteiger partial charge in [-0.15, -0.1) is 0 Å². The highest BCUT2D eigenvalue weighted by molar-refractivity contribution is 9.10. The van der Waals surface area contributed by atoms with Gasteiger partial charge in [-0.05, 0) is 37.6 Å². The molecule has 0 fully saturated rings. The van der Waals surface area contributed by atoms with Crippen molar-refractivity contribution in [1.29, 1.82) is 0 Å². The van der Waals surface area contributed by atoms with Crippen LogP contribution >= 0.6 is 15.9 Å². The summed E-state index contributed by atoms with van der Waals surface area (Å²) >= 11 is 3.51. The topological polar surface area (TPSA) is 121 Å². The summed E-state index contributed by atoms with van der Waals surface area (Å²) in [5, 5.41) is 15.2. The fourth-order valence-corrected chi connectivity index (χ4v) is 4.68. The van der Waals surface area contributed by atoms with Gasteiger partial charge in [0, 0.05) is 47.3 Å². The molecule has 10 heteroatoms. The minimum absolute atomic E-state index is 0.0598. The number of halogens is 1. The lowest BCUT2D eigenvalue weighted by atomic mass is 9.98. The monoisotopic (exact) mass is 549 g/mol. The van der Waals surface area contributed by atoms with E-state index in [0.717, 1.165) is 5.56 Å². The van der Waals surface area contributed by atoms with Gasteiger partial charge in [-0.3, -0.25) is 24.7 Å². The molecule has 0 spiro atoms. The predicted octanol–water partition coefficient (Wildman–Crippen LogP) is 5.40. The molecule has 0 unspecified atom stereocenters. The van der Waals surface area contributed by atoms with Crippen LogP contribution in [0, 0.1) is 24.0 Å².